The Hall–Kier alpha value is -0.380. The first-order valence-electron chi connectivity index (χ1n) is 6.79. The van der Waals surface area contributed by atoms with Crippen LogP contribution in [0.5, 0.6) is 0 Å². The summed E-state index contributed by atoms with van der Waals surface area (Å²) in [4.78, 5) is 2.47. The van der Waals surface area contributed by atoms with Gasteiger partial charge in [0.05, 0.1) is 0 Å². The number of likely N-dealkylation sites (tertiary alicyclic amines) is 1. The molecule has 1 saturated heterocycles. The highest BCUT2D eigenvalue weighted by atomic mass is 79.9. The Kier molecular flexibility index (Phi) is 5.22. The second kappa shape index (κ2) is 6.69. The smallest absolute Gasteiger partial charge is 0.0175 e. The van der Waals surface area contributed by atoms with Gasteiger partial charge in [-0.25, -0.2) is 0 Å². The average molecular weight is 311 g/mol. The van der Waals surface area contributed by atoms with E-state index in [4.69, 9.17) is 0 Å². The van der Waals surface area contributed by atoms with Gasteiger partial charge in [-0.3, -0.25) is 0 Å². The summed E-state index contributed by atoms with van der Waals surface area (Å²) in [6.45, 7) is 3.55. The Bertz CT molecular complexity index is 363. The zero-order valence-electron chi connectivity index (χ0n) is 11.3. The minimum atomic E-state index is 0.630. The summed E-state index contributed by atoms with van der Waals surface area (Å²) in [6.07, 6.45) is 2.69. The highest BCUT2D eigenvalue weighted by Gasteiger charge is 2.26. The number of hydrogen-bond acceptors (Lipinski definition) is 2. The van der Waals surface area contributed by atoms with Crippen LogP contribution in [0.2, 0.25) is 0 Å². The predicted molar refractivity (Wildman–Crippen MR) is 81.0 cm³/mol. The van der Waals surface area contributed by atoms with Crippen LogP contribution in [-0.4, -0.2) is 38.6 Å². The number of nitrogens with one attached hydrogen (secondary N) is 1. The maximum atomic E-state index is 3.52. The SMILES string of the molecule is CNCC(c1ccc(Br)cc1)C1CCCN(C)C1. The third-order valence-electron chi connectivity index (χ3n) is 3.95. The molecular formula is C15H23BrN2. The third-order valence-corrected chi connectivity index (χ3v) is 4.48. The van der Waals surface area contributed by atoms with Crippen LogP contribution in [0.3, 0.4) is 0 Å². The fraction of sp³-hybridized carbons (Fsp3) is 0.600. The summed E-state index contributed by atoms with van der Waals surface area (Å²) in [5, 5.41) is 3.36. The Morgan fingerprint density at radius 2 is 2.11 bits per heavy atom. The van der Waals surface area contributed by atoms with E-state index in [9.17, 15) is 0 Å². The average Bonchev–Trinajstić information content (AvgIpc) is 2.37. The molecule has 2 nitrogen and oxygen atoms in total. The molecule has 1 aliphatic heterocycles. The highest BCUT2D eigenvalue weighted by Crippen LogP contribution is 2.31. The number of likely N-dealkylation sites (N-methyl/N-ethyl adjacent to an activating group) is 1. The van der Waals surface area contributed by atoms with Gasteiger partial charge in [0.15, 0.2) is 0 Å². The van der Waals surface area contributed by atoms with Gasteiger partial charge >= 0.3 is 0 Å². The van der Waals surface area contributed by atoms with Gasteiger partial charge in [0.25, 0.3) is 0 Å². The monoisotopic (exact) mass is 310 g/mol. The van der Waals surface area contributed by atoms with Crippen LogP contribution < -0.4 is 5.32 Å². The molecule has 0 radical (unpaired) electrons. The van der Waals surface area contributed by atoms with Crippen molar-refractivity contribution in [3.05, 3.63) is 34.3 Å². The minimum absolute atomic E-state index is 0.630. The van der Waals surface area contributed by atoms with Gasteiger partial charge in [0, 0.05) is 23.5 Å². The molecular weight excluding hydrogens is 288 g/mol. The molecule has 0 aliphatic carbocycles. The molecule has 0 amide bonds. The number of hydrogen-bond donors (Lipinski definition) is 1. The molecule has 0 aromatic heterocycles. The van der Waals surface area contributed by atoms with Crippen LogP contribution in [0.1, 0.15) is 24.3 Å². The molecule has 2 rings (SSSR count). The first-order chi connectivity index (χ1) is 8.70. The van der Waals surface area contributed by atoms with Crippen molar-refractivity contribution in [2.24, 2.45) is 5.92 Å². The molecule has 100 valence electrons. The minimum Gasteiger partial charge on any atom is -0.319 e. The lowest BCUT2D eigenvalue weighted by Crippen LogP contribution is -2.37. The molecule has 2 unspecified atom stereocenters. The molecule has 2 atom stereocenters. The molecule has 0 saturated carbocycles. The van der Waals surface area contributed by atoms with Crippen LogP contribution in [-0.2, 0) is 0 Å². The van der Waals surface area contributed by atoms with Gasteiger partial charge in [-0.05, 0) is 57.1 Å². The van der Waals surface area contributed by atoms with Gasteiger partial charge < -0.3 is 10.2 Å². The van der Waals surface area contributed by atoms with E-state index in [2.05, 4.69) is 64.5 Å². The van der Waals surface area contributed by atoms with E-state index in [0.29, 0.717) is 5.92 Å². The molecule has 1 aromatic rings. The van der Waals surface area contributed by atoms with Crippen molar-refractivity contribution >= 4 is 15.9 Å². The summed E-state index contributed by atoms with van der Waals surface area (Å²) >= 11 is 3.52. The van der Waals surface area contributed by atoms with Crippen LogP contribution in [0, 0.1) is 5.92 Å². The van der Waals surface area contributed by atoms with E-state index >= 15 is 0 Å². The number of halogens is 1. The van der Waals surface area contributed by atoms with Crippen molar-refractivity contribution in [2.75, 3.05) is 33.7 Å². The standard InChI is InChI=1S/C15H23BrN2/c1-17-10-15(12-5-7-14(16)8-6-12)13-4-3-9-18(2)11-13/h5-8,13,15,17H,3-4,9-11H2,1-2H3. The molecule has 1 aromatic carbocycles. The summed E-state index contributed by atoms with van der Waals surface area (Å²) in [5.74, 6) is 1.41. The molecule has 1 N–H and O–H groups in total. The maximum absolute atomic E-state index is 3.52. The van der Waals surface area contributed by atoms with E-state index in [-0.39, 0.29) is 0 Å². The summed E-state index contributed by atoms with van der Waals surface area (Å²) in [6, 6.07) is 8.84. The molecule has 0 bridgehead atoms. The molecule has 1 aliphatic rings. The van der Waals surface area contributed by atoms with Crippen molar-refractivity contribution in [2.45, 2.75) is 18.8 Å². The second-order valence-electron chi connectivity index (χ2n) is 5.38. The Balaban J connectivity index is 2.13. The predicted octanol–water partition coefficient (Wildman–Crippen LogP) is 3.09. The van der Waals surface area contributed by atoms with Crippen LogP contribution >= 0.6 is 15.9 Å². The fourth-order valence-electron chi connectivity index (χ4n) is 3.02. The fourth-order valence-corrected chi connectivity index (χ4v) is 3.29. The lowest BCUT2D eigenvalue weighted by Gasteiger charge is -2.35. The molecule has 3 heteroatoms. The number of piperidine rings is 1. The quantitative estimate of drug-likeness (QED) is 0.919. The summed E-state index contributed by atoms with van der Waals surface area (Å²) in [7, 11) is 4.29. The Labute approximate surface area is 119 Å². The lowest BCUT2D eigenvalue weighted by molar-refractivity contribution is 0.186. The second-order valence-corrected chi connectivity index (χ2v) is 6.30. The first kappa shape index (κ1) is 14.0. The van der Waals surface area contributed by atoms with E-state index in [1.807, 2.05) is 0 Å². The van der Waals surface area contributed by atoms with Gasteiger partial charge in [-0.2, -0.15) is 0 Å². The first-order valence-corrected chi connectivity index (χ1v) is 7.58. The van der Waals surface area contributed by atoms with Gasteiger partial charge in [0.2, 0.25) is 0 Å². The van der Waals surface area contributed by atoms with Gasteiger partial charge in [-0.1, -0.05) is 28.1 Å². The van der Waals surface area contributed by atoms with E-state index in [1.165, 1.54) is 31.5 Å². The van der Waals surface area contributed by atoms with Gasteiger partial charge in [-0.15, -0.1) is 0 Å². The van der Waals surface area contributed by atoms with E-state index < -0.39 is 0 Å². The number of benzene rings is 1. The topological polar surface area (TPSA) is 15.3 Å². The molecule has 18 heavy (non-hydrogen) atoms. The van der Waals surface area contributed by atoms with Gasteiger partial charge in [0.1, 0.15) is 0 Å². The van der Waals surface area contributed by atoms with E-state index in [0.717, 1.165) is 16.9 Å². The third kappa shape index (κ3) is 3.56. The lowest BCUT2D eigenvalue weighted by atomic mass is 9.81. The Morgan fingerprint density at radius 1 is 1.39 bits per heavy atom. The van der Waals surface area contributed by atoms with Crippen molar-refractivity contribution in [3.8, 4) is 0 Å². The van der Waals surface area contributed by atoms with Crippen LogP contribution in [0.15, 0.2) is 28.7 Å². The van der Waals surface area contributed by atoms with Crippen molar-refractivity contribution < 1.29 is 0 Å². The summed E-state index contributed by atoms with van der Waals surface area (Å²) in [5.41, 5.74) is 1.47. The van der Waals surface area contributed by atoms with Crippen molar-refractivity contribution in [1.29, 1.82) is 0 Å². The molecule has 1 fully saturated rings. The van der Waals surface area contributed by atoms with Crippen LogP contribution in [0.4, 0.5) is 0 Å². The van der Waals surface area contributed by atoms with E-state index in [1.54, 1.807) is 0 Å². The largest absolute Gasteiger partial charge is 0.319 e. The normalized spacial score (nSPS) is 22.9. The number of nitrogens with zero attached hydrogens (tertiary/aromatic N) is 1. The molecule has 1 heterocycles. The maximum Gasteiger partial charge on any atom is 0.0175 e. The highest BCUT2D eigenvalue weighted by molar-refractivity contribution is 9.10. The zero-order valence-corrected chi connectivity index (χ0v) is 12.9. The summed E-state index contributed by atoms with van der Waals surface area (Å²) < 4.78 is 1.16. The Morgan fingerprint density at radius 3 is 2.72 bits per heavy atom. The zero-order chi connectivity index (χ0) is 13.0. The number of rotatable bonds is 4. The van der Waals surface area contributed by atoms with Crippen molar-refractivity contribution in [3.63, 3.8) is 0 Å². The van der Waals surface area contributed by atoms with Crippen molar-refractivity contribution in [1.82, 2.24) is 10.2 Å². The van der Waals surface area contributed by atoms with Crippen LogP contribution in [0.25, 0.3) is 0 Å². The molecule has 0 spiro atoms.